The van der Waals surface area contributed by atoms with Crippen molar-refractivity contribution >= 4 is 31.5 Å². The summed E-state index contributed by atoms with van der Waals surface area (Å²) in [6.45, 7) is 2.04. The molecule has 2 aromatic heterocycles. The molecule has 0 unspecified atom stereocenters. The molecule has 0 aliphatic heterocycles. The number of nitrogens with zero attached hydrogens (tertiary/aromatic N) is 2. The topological polar surface area (TPSA) is 25.8 Å². The van der Waals surface area contributed by atoms with Gasteiger partial charge in [0.2, 0.25) is 0 Å². The lowest BCUT2D eigenvalue weighted by atomic mass is 9.99. The van der Waals surface area contributed by atoms with Crippen LogP contribution in [0.15, 0.2) is 103 Å². The molecule has 6 aromatic rings. The maximum atomic E-state index is 5.02. The van der Waals surface area contributed by atoms with E-state index in [0.29, 0.717) is 0 Å². The zero-order chi connectivity index (χ0) is 21.5. The first kappa shape index (κ1) is 18.9. The Kier molecular flexibility index (Phi) is 4.55. The Morgan fingerprint density at radius 3 is 2.16 bits per heavy atom. The monoisotopic (exact) mass is 428 g/mol. The average Bonchev–Trinajstić information content (AvgIpc) is 3.22. The number of aromatic nitrogens is 2. The summed E-state index contributed by atoms with van der Waals surface area (Å²) in [5.41, 5.74) is 6.39. The first-order chi connectivity index (χ1) is 15.8. The van der Waals surface area contributed by atoms with Crippen molar-refractivity contribution in [2.75, 3.05) is 0 Å². The lowest BCUT2D eigenvalue weighted by molar-refractivity contribution is 1.12. The maximum Gasteiger partial charge on any atom is 0.160 e. The van der Waals surface area contributed by atoms with Crippen LogP contribution in [-0.4, -0.2) is 9.97 Å². The van der Waals surface area contributed by atoms with E-state index in [4.69, 9.17) is 9.97 Å². The quantitative estimate of drug-likeness (QED) is 0.284. The molecule has 0 amide bonds. The van der Waals surface area contributed by atoms with E-state index in [0.717, 1.165) is 33.9 Å². The van der Waals surface area contributed by atoms with Crippen molar-refractivity contribution < 1.29 is 0 Å². The van der Waals surface area contributed by atoms with Crippen molar-refractivity contribution in [3.63, 3.8) is 0 Å². The van der Waals surface area contributed by atoms with Gasteiger partial charge < -0.3 is 0 Å². The van der Waals surface area contributed by atoms with E-state index in [1.165, 1.54) is 25.7 Å². The summed E-state index contributed by atoms with van der Waals surface area (Å²) < 4.78 is 2.62. The van der Waals surface area contributed by atoms with Crippen molar-refractivity contribution in [2.24, 2.45) is 0 Å². The van der Waals surface area contributed by atoms with Crippen LogP contribution in [0.2, 0.25) is 0 Å². The van der Waals surface area contributed by atoms with E-state index in [1.807, 2.05) is 24.3 Å². The Labute approximate surface area is 190 Å². The van der Waals surface area contributed by atoms with Crippen molar-refractivity contribution in [2.45, 2.75) is 6.92 Å². The number of thiophene rings is 1. The highest BCUT2D eigenvalue weighted by atomic mass is 32.1. The molecule has 3 heteroatoms. The summed E-state index contributed by atoms with van der Waals surface area (Å²) in [4.78, 5) is 9.83. The highest BCUT2D eigenvalue weighted by molar-refractivity contribution is 7.25. The molecule has 6 rings (SSSR count). The smallest absolute Gasteiger partial charge is 0.160 e. The Bertz CT molecular complexity index is 1580. The first-order valence-electron chi connectivity index (χ1n) is 10.7. The van der Waals surface area contributed by atoms with Gasteiger partial charge in [-0.05, 0) is 42.3 Å². The van der Waals surface area contributed by atoms with Gasteiger partial charge in [0.15, 0.2) is 5.82 Å². The zero-order valence-electron chi connectivity index (χ0n) is 17.6. The summed E-state index contributed by atoms with van der Waals surface area (Å²) in [6, 6.07) is 36.1. The summed E-state index contributed by atoms with van der Waals surface area (Å²) >= 11 is 1.84. The number of rotatable bonds is 3. The summed E-state index contributed by atoms with van der Waals surface area (Å²) in [5, 5.41) is 2.58. The number of aryl methyl sites for hydroxylation is 1. The van der Waals surface area contributed by atoms with Gasteiger partial charge in [0.25, 0.3) is 0 Å². The van der Waals surface area contributed by atoms with E-state index in [-0.39, 0.29) is 0 Å². The van der Waals surface area contributed by atoms with Crippen LogP contribution in [-0.2, 0) is 0 Å². The van der Waals surface area contributed by atoms with Crippen LogP contribution >= 0.6 is 11.3 Å². The molecule has 32 heavy (non-hydrogen) atoms. The fourth-order valence-corrected chi connectivity index (χ4v) is 5.36. The minimum absolute atomic E-state index is 0.759. The highest BCUT2D eigenvalue weighted by Gasteiger charge is 2.13. The van der Waals surface area contributed by atoms with E-state index in [9.17, 15) is 0 Å². The Balaban J connectivity index is 1.52. The molecular weight excluding hydrogens is 408 g/mol. The average molecular weight is 429 g/mol. The Morgan fingerprint density at radius 1 is 0.562 bits per heavy atom. The van der Waals surface area contributed by atoms with Gasteiger partial charge in [-0.3, -0.25) is 0 Å². The minimum Gasteiger partial charge on any atom is -0.233 e. The van der Waals surface area contributed by atoms with Gasteiger partial charge in [0, 0.05) is 37.0 Å². The van der Waals surface area contributed by atoms with Gasteiger partial charge in [-0.15, -0.1) is 11.3 Å². The lowest BCUT2D eigenvalue weighted by Gasteiger charge is -2.11. The molecule has 0 aliphatic carbocycles. The predicted molar refractivity (Wildman–Crippen MR) is 136 cm³/mol. The molecule has 0 bridgehead atoms. The minimum atomic E-state index is 0.759. The van der Waals surface area contributed by atoms with Crippen LogP contribution in [0.3, 0.4) is 0 Å². The molecule has 0 radical (unpaired) electrons. The van der Waals surface area contributed by atoms with E-state index >= 15 is 0 Å². The molecule has 0 fully saturated rings. The van der Waals surface area contributed by atoms with Crippen LogP contribution in [0, 0.1) is 6.92 Å². The highest BCUT2D eigenvalue weighted by Crippen LogP contribution is 2.37. The number of hydrogen-bond acceptors (Lipinski definition) is 3. The molecule has 2 nitrogen and oxygen atoms in total. The zero-order valence-corrected chi connectivity index (χ0v) is 18.4. The number of fused-ring (bicyclic) bond motifs is 3. The second kappa shape index (κ2) is 7.70. The van der Waals surface area contributed by atoms with Gasteiger partial charge in [-0.2, -0.15) is 0 Å². The standard InChI is InChI=1S/C29H20N2S/c1-19-17-26(21-15-16-28-25(18-21)23-12-7-8-14-27(23)32-28)31-29(30-19)24-13-6-5-11-22(24)20-9-3-2-4-10-20/h2-18H,1H3. The number of benzene rings is 4. The summed E-state index contributed by atoms with van der Waals surface area (Å²) in [7, 11) is 0. The summed E-state index contributed by atoms with van der Waals surface area (Å²) in [5.74, 6) is 0.759. The predicted octanol–water partition coefficient (Wildman–Crippen LogP) is 8.15. The molecule has 0 atom stereocenters. The molecule has 152 valence electrons. The van der Waals surface area contributed by atoms with Gasteiger partial charge in [0.05, 0.1) is 5.69 Å². The van der Waals surface area contributed by atoms with Gasteiger partial charge in [0.1, 0.15) is 0 Å². The molecule has 0 saturated heterocycles. The SMILES string of the molecule is Cc1cc(-c2ccc3sc4ccccc4c3c2)nc(-c2ccccc2-c2ccccc2)n1. The van der Waals surface area contributed by atoms with Crippen molar-refractivity contribution in [3.05, 3.63) is 109 Å². The van der Waals surface area contributed by atoms with Gasteiger partial charge >= 0.3 is 0 Å². The van der Waals surface area contributed by atoms with Crippen molar-refractivity contribution in [3.8, 4) is 33.8 Å². The first-order valence-corrected chi connectivity index (χ1v) is 11.5. The molecule has 2 heterocycles. The molecule has 0 N–H and O–H groups in total. The maximum absolute atomic E-state index is 5.02. The Morgan fingerprint density at radius 2 is 1.28 bits per heavy atom. The van der Waals surface area contributed by atoms with Crippen LogP contribution in [0.5, 0.6) is 0 Å². The molecule has 0 aliphatic rings. The fourth-order valence-electron chi connectivity index (χ4n) is 4.27. The molecule has 0 saturated carbocycles. The summed E-state index contributed by atoms with van der Waals surface area (Å²) in [6.07, 6.45) is 0. The third-order valence-corrected chi connectivity index (χ3v) is 6.93. The van der Waals surface area contributed by atoms with E-state index < -0.39 is 0 Å². The van der Waals surface area contributed by atoms with Crippen LogP contribution in [0.4, 0.5) is 0 Å². The third-order valence-electron chi connectivity index (χ3n) is 5.78. The van der Waals surface area contributed by atoms with Crippen molar-refractivity contribution in [1.82, 2.24) is 9.97 Å². The lowest BCUT2D eigenvalue weighted by Crippen LogP contribution is -1.96. The second-order valence-electron chi connectivity index (χ2n) is 7.94. The second-order valence-corrected chi connectivity index (χ2v) is 9.02. The van der Waals surface area contributed by atoms with Crippen LogP contribution in [0.1, 0.15) is 5.69 Å². The normalized spacial score (nSPS) is 11.3. The molecule has 0 spiro atoms. The van der Waals surface area contributed by atoms with E-state index in [1.54, 1.807) is 0 Å². The third kappa shape index (κ3) is 3.28. The van der Waals surface area contributed by atoms with Crippen LogP contribution < -0.4 is 0 Å². The molecular formula is C29H20N2S. The largest absolute Gasteiger partial charge is 0.233 e. The van der Waals surface area contributed by atoms with Gasteiger partial charge in [-0.25, -0.2) is 9.97 Å². The van der Waals surface area contributed by atoms with Crippen molar-refractivity contribution in [1.29, 1.82) is 0 Å². The molecule has 4 aromatic carbocycles. The van der Waals surface area contributed by atoms with E-state index in [2.05, 4.69) is 97.1 Å². The Hall–Kier alpha value is -3.82. The fraction of sp³-hybridized carbons (Fsp3) is 0.0345. The van der Waals surface area contributed by atoms with Gasteiger partial charge in [-0.1, -0.05) is 78.9 Å². The number of hydrogen-bond donors (Lipinski definition) is 0. The van der Waals surface area contributed by atoms with Crippen LogP contribution in [0.25, 0.3) is 53.9 Å².